The molecule has 2 heterocycles. The molecule has 7 heteroatoms. The van der Waals surface area contributed by atoms with Crippen molar-refractivity contribution >= 4 is 12.2 Å². The van der Waals surface area contributed by atoms with Gasteiger partial charge in [-0.15, -0.1) is 0 Å². The molecule has 0 fully saturated rings. The van der Waals surface area contributed by atoms with Crippen LogP contribution in [0.2, 0.25) is 0 Å². The van der Waals surface area contributed by atoms with Gasteiger partial charge in [0.05, 0.1) is 12.2 Å². The molecular formula is C7H7N5OS. The van der Waals surface area contributed by atoms with Crippen LogP contribution in [0, 0.1) is 4.77 Å². The summed E-state index contributed by atoms with van der Waals surface area (Å²) in [5.74, 6) is 0. The number of rotatable bonds is 2. The molecule has 0 radical (unpaired) electrons. The van der Waals surface area contributed by atoms with E-state index in [0.29, 0.717) is 17.0 Å². The Morgan fingerprint density at radius 1 is 1.50 bits per heavy atom. The van der Waals surface area contributed by atoms with Gasteiger partial charge in [0.1, 0.15) is 0 Å². The molecule has 0 aliphatic carbocycles. The van der Waals surface area contributed by atoms with E-state index in [1.165, 1.54) is 4.57 Å². The van der Waals surface area contributed by atoms with Crippen LogP contribution in [0.5, 0.6) is 0 Å². The molecule has 0 saturated heterocycles. The third-order valence-electron chi connectivity index (χ3n) is 1.71. The Morgan fingerprint density at radius 2 is 2.36 bits per heavy atom. The van der Waals surface area contributed by atoms with Gasteiger partial charge in [0.25, 0.3) is 0 Å². The molecule has 0 spiro atoms. The van der Waals surface area contributed by atoms with E-state index in [2.05, 4.69) is 20.4 Å². The average Bonchev–Trinajstić information content (AvgIpc) is 2.51. The first-order chi connectivity index (χ1) is 6.77. The summed E-state index contributed by atoms with van der Waals surface area (Å²) >= 11 is 4.90. The monoisotopic (exact) mass is 209 g/mol. The molecule has 2 aromatic rings. The largest absolute Gasteiger partial charge is 0.342 e. The lowest BCUT2D eigenvalue weighted by Gasteiger charge is -1.97. The van der Waals surface area contributed by atoms with Crippen LogP contribution < -0.4 is 5.69 Å². The van der Waals surface area contributed by atoms with Gasteiger partial charge < -0.3 is 0 Å². The molecule has 14 heavy (non-hydrogen) atoms. The minimum absolute atomic E-state index is 0.277. The van der Waals surface area contributed by atoms with Gasteiger partial charge in [-0.3, -0.25) is 9.67 Å². The van der Waals surface area contributed by atoms with Gasteiger partial charge in [0.15, 0.2) is 4.77 Å². The summed E-state index contributed by atoms with van der Waals surface area (Å²) in [4.78, 5) is 11.2. The predicted octanol–water partition coefficient (Wildman–Crippen LogP) is 0.0723. The van der Waals surface area contributed by atoms with E-state index in [1.54, 1.807) is 18.3 Å². The normalized spacial score (nSPS) is 10.3. The topological polar surface area (TPSA) is 79.4 Å². The van der Waals surface area contributed by atoms with Crippen molar-refractivity contribution in [2.45, 2.75) is 6.54 Å². The van der Waals surface area contributed by atoms with Crippen molar-refractivity contribution in [1.29, 1.82) is 0 Å². The molecule has 0 bridgehead atoms. The zero-order valence-corrected chi connectivity index (χ0v) is 7.91. The Kier molecular flexibility index (Phi) is 2.23. The van der Waals surface area contributed by atoms with Crippen LogP contribution in [-0.2, 0) is 6.54 Å². The van der Waals surface area contributed by atoms with E-state index in [-0.39, 0.29) is 5.69 Å². The molecule has 6 nitrogen and oxygen atoms in total. The molecule has 72 valence electrons. The lowest BCUT2D eigenvalue weighted by atomic mass is 10.4. The van der Waals surface area contributed by atoms with Gasteiger partial charge in [-0.25, -0.2) is 9.89 Å². The Balaban J connectivity index is 2.37. The Bertz CT molecular complexity index is 497. The van der Waals surface area contributed by atoms with Crippen molar-refractivity contribution in [1.82, 2.24) is 25.0 Å². The second-order valence-corrected chi connectivity index (χ2v) is 3.05. The molecule has 0 aromatic carbocycles. The Hall–Kier alpha value is -1.76. The third-order valence-corrected chi connectivity index (χ3v) is 2.04. The van der Waals surface area contributed by atoms with Gasteiger partial charge in [-0.1, -0.05) is 0 Å². The second-order valence-electron chi connectivity index (χ2n) is 2.66. The summed E-state index contributed by atoms with van der Waals surface area (Å²) < 4.78 is 1.72. The highest BCUT2D eigenvalue weighted by Crippen LogP contribution is 1.93. The smallest absolute Gasteiger partial charge is 0.272 e. The predicted molar refractivity (Wildman–Crippen MR) is 51.4 cm³/mol. The molecule has 0 saturated carbocycles. The van der Waals surface area contributed by atoms with Crippen LogP contribution in [0.25, 0.3) is 0 Å². The van der Waals surface area contributed by atoms with Crippen LogP contribution >= 0.6 is 12.2 Å². The summed E-state index contributed by atoms with van der Waals surface area (Å²) in [6.45, 7) is 0.325. The van der Waals surface area contributed by atoms with Crippen LogP contribution in [0.3, 0.4) is 0 Å². The molecule has 0 aliphatic heterocycles. The standard InChI is InChI=1S/C7H7N5OS/c13-6-10-11-7(14)12(6)4-5-2-1-3-8-9-5/h1-3H,4H2,(H,10,13)(H,11,14). The van der Waals surface area contributed by atoms with Crippen LogP contribution in [0.1, 0.15) is 5.69 Å². The number of nitrogens with zero attached hydrogens (tertiary/aromatic N) is 3. The lowest BCUT2D eigenvalue weighted by molar-refractivity contribution is 0.717. The zero-order valence-electron chi connectivity index (χ0n) is 7.10. The number of H-pyrrole nitrogens is 2. The van der Waals surface area contributed by atoms with Crippen LogP contribution in [-0.4, -0.2) is 25.0 Å². The van der Waals surface area contributed by atoms with E-state index in [9.17, 15) is 4.79 Å². The highest BCUT2D eigenvalue weighted by molar-refractivity contribution is 7.71. The number of nitrogens with one attached hydrogen (secondary N) is 2. The van der Waals surface area contributed by atoms with Gasteiger partial charge >= 0.3 is 5.69 Å². The molecule has 0 amide bonds. The average molecular weight is 209 g/mol. The highest BCUT2D eigenvalue weighted by Gasteiger charge is 2.01. The maximum atomic E-state index is 11.2. The maximum absolute atomic E-state index is 11.2. The highest BCUT2D eigenvalue weighted by atomic mass is 32.1. The minimum Gasteiger partial charge on any atom is -0.272 e. The number of hydrogen-bond acceptors (Lipinski definition) is 4. The van der Waals surface area contributed by atoms with Crippen LogP contribution in [0.4, 0.5) is 0 Å². The fourth-order valence-electron chi connectivity index (χ4n) is 1.06. The van der Waals surface area contributed by atoms with Crippen molar-refractivity contribution < 1.29 is 0 Å². The Labute approximate surface area is 83.6 Å². The van der Waals surface area contributed by atoms with Crippen molar-refractivity contribution in [3.05, 3.63) is 39.3 Å². The fraction of sp³-hybridized carbons (Fsp3) is 0.143. The molecule has 2 rings (SSSR count). The minimum atomic E-state index is -0.277. The van der Waals surface area contributed by atoms with E-state index in [4.69, 9.17) is 12.2 Å². The lowest BCUT2D eigenvalue weighted by Crippen LogP contribution is -2.18. The summed E-state index contributed by atoms with van der Waals surface area (Å²) in [6.07, 6.45) is 1.57. The fourth-order valence-corrected chi connectivity index (χ4v) is 1.26. The van der Waals surface area contributed by atoms with E-state index in [1.807, 2.05) is 0 Å². The molecule has 0 unspecified atom stereocenters. The van der Waals surface area contributed by atoms with Gasteiger partial charge in [-0.2, -0.15) is 10.2 Å². The first-order valence-electron chi connectivity index (χ1n) is 3.91. The van der Waals surface area contributed by atoms with Crippen molar-refractivity contribution in [3.8, 4) is 0 Å². The second kappa shape index (κ2) is 3.54. The van der Waals surface area contributed by atoms with Gasteiger partial charge in [0.2, 0.25) is 0 Å². The molecule has 2 aromatic heterocycles. The van der Waals surface area contributed by atoms with Crippen molar-refractivity contribution in [2.75, 3.05) is 0 Å². The third kappa shape index (κ3) is 1.62. The summed E-state index contributed by atoms with van der Waals surface area (Å²) in [6, 6.07) is 3.54. The van der Waals surface area contributed by atoms with Gasteiger partial charge in [-0.05, 0) is 24.4 Å². The van der Waals surface area contributed by atoms with Gasteiger partial charge in [0, 0.05) is 6.20 Å². The molecule has 2 N–H and O–H groups in total. The molecule has 0 atom stereocenters. The summed E-state index contributed by atoms with van der Waals surface area (Å²) in [7, 11) is 0. The Morgan fingerprint density at radius 3 is 2.93 bits per heavy atom. The first kappa shape index (κ1) is 8.82. The van der Waals surface area contributed by atoms with Crippen LogP contribution in [0.15, 0.2) is 23.1 Å². The molecular weight excluding hydrogens is 202 g/mol. The van der Waals surface area contributed by atoms with E-state index in [0.717, 1.165) is 0 Å². The van der Waals surface area contributed by atoms with Crippen molar-refractivity contribution in [2.24, 2.45) is 0 Å². The van der Waals surface area contributed by atoms with Crippen molar-refractivity contribution in [3.63, 3.8) is 0 Å². The zero-order chi connectivity index (χ0) is 9.97. The number of aromatic amines is 2. The first-order valence-corrected chi connectivity index (χ1v) is 4.32. The number of aromatic nitrogens is 5. The summed E-state index contributed by atoms with van der Waals surface area (Å²) in [5, 5.41) is 12.5. The number of hydrogen-bond donors (Lipinski definition) is 2. The van der Waals surface area contributed by atoms with E-state index >= 15 is 0 Å². The molecule has 0 aliphatic rings. The summed E-state index contributed by atoms with van der Waals surface area (Å²) in [5.41, 5.74) is 0.411. The maximum Gasteiger partial charge on any atom is 0.342 e. The quantitative estimate of drug-likeness (QED) is 0.686. The SMILES string of the molecule is O=c1[nH][nH]c(=S)n1Cc1cccnn1. The van der Waals surface area contributed by atoms with E-state index < -0.39 is 0 Å².